The van der Waals surface area contributed by atoms with E-state index in [1.807, 2.05) is 0 Å². The summed E-state index contributed by atoms with van der Waals surface area (Å²) in [6.45, 7) is 8.44. The first-order valence-electron chi connectivity index (χ1n) is 6.55. The van der Waals surface area contributed by atoms with Crippen molar-refractivity contribution in [3.8, 4) is 5.75 Å². The van der Waals surface area contributed by atoms with Crippen LogP contribution in [0.2, 0.25) is 0 Å². The van der Waals surface area contributed by atoms with Crippen LogP contribution in [0.4, 0.5) is 0 Å². The summed E-state index contributed by atoms with van der Waals surface area (Å²) in [6.07, 6.45) is 0.745. The number of carbonyl (C=O) groups excluding carboxylic acids is 1. The maximum Gasteiger partial charge on any atom is 0.236 e. The summed E-state index contributed by atoms with van der Waals surface area (Å²) < 4.78 is 5.51. The molecule has 0 aromatic heterocycles. The maximum absolute atomic E-state index is 11.4. The Hall–Kier alpha value is -1.55. The van der Waals surface area contributed by atoms with Crippen molar-refractivity contribution in [2.45, 2.75) is 40.2 Å². The molecule has 0 radical (unpaired) electrons. The Morgan fingerprint density at radius 1 is 1.37 bits per heavy atom. The molecule has 0 bridgehead atoms. The van der Waals surface area contributed by atoms with Gasteiger partial charge in [-0.15, -0.1) is 0 Å². The van der Waals surface area contributed by atoms with E-state index in [1.54, 1.807) is 14.0 Å². The van der Waals surface area contributed by atoms with Gasteiger partial charge >= 0.3 is 0 Å². The van der Waals surface area contributed by atoms with E-state index in [1.165, 1.54) is 11.1 Å². The molecule has 1 rings (SSSR count). The quantitative estimate of drug-likeness (QED) is 0.849. The smallest absolute Gasteiger partial charge is 0.236 e. The van der Waals surface area contributed by atoms with Gasteiger partial charge in [0.25, 0.3) is 0 Å². The molecule has 0 heterocycles. The Bertz CT molecular complexity index is 468. The number of aryl methyl sites for hydroxylation is 2. The van der Waals surface area contributed by atoms with E-state index in [9.17, 15) is 4.79 Å². The molecule has 1 unspecified atom stereocenters. The lowest BCUT2D eigenvalue weighted by Crippen LogP contribution is -2.39. The number of rotatable bonds is 5. The van der Waals surface area contributed by atoms with Crippen molar-refractivity contribution in [1.82, 2.24) is 5.32 Å². The zero-order valence-corrected chi connectivity index (χ0v) is 12.5. The Kier molecular flexibility index (Phi) is 5.36. The summed E-state index contributed by atoms with van der Waals surface area (Å²) in [6, 6.07) is 1.68. The van der Waals surface area contributed by atoms with Gasteiger partial charge in [-0.2, -0.15) is 0 Å². The van der Waals surface area contributed by atoms with Crippen LogP contribution < -0.4 is 15.8 Å². The Balaban J connectivity index is 2.84. The van der Waals surface area contributed by atoms with Crippen molar-refractivity contribution in [1.29, 1.82) is 0 Å². The summed E-state index contributed by atoms with van der Waals surface area (Å²) in [4.78, 5) is 11.4. The van der Waals surface area contributed by atoms with Crippen LogP contribution in [0.15, 0.2) is 6.07 Å². The molecule has 0 aliphatic rings. The summed E-state index contributed by atoms with van der Waals surface area (Å²) in [5, 5.41) is 2.82. The van der Waals surface area contributed by atoms with Gasteiger partial charge in [-0.1, -0.05) is 6.07 Å². The molecule has 0 aliphatic heterocycles. The molecule has 0 fully saturated rings. The number of methoxy groups -OCH3 is 1. The number of benzene rings is 1. The summed E-state index contributed by atoms with van der Waals surface area (Å²) in [5.41, 5.74) is 10.2. The van der Waals surface area contributed by atoms with Crippen molar-refractivity contribution < 1.29 is 9.53 Å². The lowest BCUT2D eigenvalue weighted by molar-refractivity contribution is -0.121. The first kappa shape index (κ1) is 15.5. The van der Waals surface area contributed by atoms with Gasteiger partial charge in [0, 0.05) is 6.54 Å². The molecule has 1 aromatic carbocycles. The summed E-state index contributed by atoms with van der Waals surface area (Å²) in [5.74, 6) is 0.799. The van der Waals surface area contributed by atoms with Gasteiger partial charge in [-0.05, 0) is 56.4 Å². The van der Waals surface area contributed by atoms with Gasteiger partial charge in [-0.25, -0.2) is 0 Å². The van der Waals surface area contributed by atoms with E-state index >= 15 is 0 Å². The summed E-state index contributed by atoms with van der Waals surface area (Å²) >= 11 is 0. The fourth-order valence-electron chi connectivity index (χ4n) is 2.16. The van der Waals surface area contributed by atoms with E-state index in [4.69, 9.17) is 10.5 Å². The van der Waals surface area contributed by atoms with Crippen LogP contribution in [0.5, 0.6) is 5.75 Å². The van der Waals surface area contributed by atoms with Crippen LogP contribution >= 0.6 is 0 Å². The molecular weight excluding hydrogens is 240 g/mol. The van der Waals surface area contributed by atoms with E-state index in [-0.39, 0.29) is 5.91 Å². The zero-order chi connectivity index (χ0) is 14.6. The number of hydrogen-bond donors (Lipinski definition) is 2. The Labute approximate surface area is 115 Å². The van der Waals surface area contributed by atoms with Gasteiger partial charge < -0.3 is 15.8 Å². The highest BCUT2D eigenvalue weighted by Gasteiger charge is 2.13. The molecular formula is C15H24N2O2. The predicted octanol–water partition coefficient (Wildman–Crippen LogP) is 1.63. The third-order valence-corrected chi connectivity index (χ3v) is 3.41. The molecule has 1 atom stereocenters. The zero-order valence-electron chi connectivity index (χ0n) is 12.5. The van der Waals surface area contributed by atoms with Gasteiger partial charge in [0.05, 0.1) is 13.2 Å². The van der Waals surface area contributed by atoms with Crippen LogP contribution in [0.3, 0.4) is 0 Å². The number of nitrogens with two attached hydrogens (primary N) is 1. The second-order valence-corrected chi connectivity index (χ2v) is 4.98. The van der Waals surface area contributed by atoms with Gasteiger partial charge in [0.1, 0.15) is 5.75 Å². The second kappa shape index (κ2) is 6.57. The number of amides is 1. The third-order valence-electron chi connectivity index (χ3n) is 3.41. The monoisotopic (exact) mass is 264 g/mol. The van der Waals surface area contributed by atoms with Crippen molar-refractivity contribution in [3.05, 3.63) is 28.3 Å². The predicted molar refractivity (Wildman–Crippen MR) is 77.6 cm³/mol. The minimum atomic E-state index is -0.470. The SMILES string of the molecule is COc1c(C)c(C)cc(C)c1CCNC(=O)C(C)N. The first-order chi connectivity index (χ1) is 8.88. The number of nitrogens with one attached hydrogen (secondary N) is 1. The minimum Gasteiger partial charge on any atom is -0.496 e. The first-order valence-corrected chi connectivity index (χ1v) is 6.55. The average Bonchev–Trinajstić information content (AvgIpc) is 2.35. The molecule has 3 N–H and O–H groups in total. The van der Waals surface area contributed by atoms with Crippen molar-refractivity contribution in [2.75, 3.05) is 13.7 Å². The molecule has 0 aliphatic carbocycles. The number of ether oxygens (including phenoxy) is 1. The summed E-state index contributed by atoms with van der Waals surface area (Å²) in [7, 11) is 1.69. The average molecular weight is 264 g/mol. The van der Waals surface area contributed by atoms with Crippen LogP contribution in [-0.2, 0) is 11.2 Å². The molecule has 1 aromatic rings. The Morgan fingerprint density at radius 3 is 2.53 bits per heavy atom. The van der Waals surface area contributed by atoms with Crippen molar-refractivity contribution in [2.24, 2.45) is 5.73 Å². The minimum absolute atomic E-state index is 0.125. The number of carbonyl (C=O) groups is 1. The van der Waals surface area contributed by atoms with Gasteiger partial charge in [-0.3, -0.25) is 4.79 Å². The van der Waals surface area contributed by atoms with E-state index in [0.29, 0.717) is 6.54 Å². The van der Waals surface area contributed by atoms with Crippen LogP contribution in [0, 0.1) is 20.8 Å². The van der Waals surface area contributed by atoms with Crippen LogP contribution in [-0.4, -0.2) is 25.6 Å². The molecule has 0 saturated carbocycles. The van der Waals surface area contributed by atoms with Crippen molar-refractivity contribution in [3.63, 3.8) is 0 Å². The molecule has 4 nitrogen and oxygen atoms in total. The molecule has 19 heavy (non-hydrogen) atoms. The maximum atomic E-state index is 11.4. The fraction of sp³-hybridized carbons (Fsp3) is 0.533. The second-order valence-electron chi connectivity index (χ2n) is 4.98. The third kappa shape index (κ3) is 3.70. The standard InChI is InChI=1S/C15H24N2O2/c1-9-8-10(2)13(14(19-5)11(9)3)6-7-17-15(18)12(4)16/h8,12H,6-7,16H2,1-5H3,(H,17,18). The Morgan fingerprint density at radius 2 is 2.00 bits per heavy atom. The lowest BCUT2D eigenvalue weighted by Gasteiger charge is -2.17. The van der Waals surface area contributed by atoms with Gasteiger partial charge in [0.2, 0.25) is 5.91 Å². The number of hydrogen-bond acceptors (Lipinski definition) is 3. The largest absolute Gasteiger partial charge is 0.496 e. The lowest BCUT2D eigenvalue weighted by atomic mass is 9.97. The molecule has 0 saturated heterocycles. The highest BCUT2D eigenvalue weighted by molar-refractivity contribution is 5.80. The van der Waals surface area contributed by atoms with E-state index < -0.39 is 6.04 Å². The topological polar surface area (TPSA) is 64.3 Å². The van der Waals surface area contributed by atoms with E-state index in [0.717, 1.165) is 23.3 Å². The van der Waals surface area contributed by atoms with Crippen LogP contribution in [0.25, 0.3) is 0 Å². The van der Waals surface area contributed by atoms with E-state index in [2.05, 4.69) is 32.2 Å². The van der Waals surface area contributed by atoms with Crippen LogP contribution in [0.1, 0.15) is 29.2 Å². The van der Waals surface area contributed by atoms with Crippen molar-refractivity contribution >= 4 is 5.91 Å². The fourth-order valence-corrected chi connectivity index (χ4v) is 2.16. The molecule has 106 valence electrons. The molecule has 4 heteroatoms. The molecule has 1 amide bonds. The highest BCUT2D eigenvalue weighted by atomic mass is 16.5. The molecule has 0 spiro atoms. The van der Waals surface area contributed by atoms with Gasteiger partial charge in [0.15, 0.2) is 0 Å². The highest BCUT2D eigenvalue weighted by Crippen LogP contribution is 2.29. The normalized spacial score (nSPS) is 12.1.